The number of hydrogen-bond donors (Lipinski definition) is 3. The van der Waals surface area contributed by atoms with Gasteiger partial charge in [-0.2, -0.15) is 13.2 Å². The highest BCUT2D eigenvalue weighted by Crippen LogP contribution is 2.34. The molecule has 8 nitrogen and oxygen atoms in total. The van der Waals surface area contributed by atoms with E-state index in [0.717, 1.165) is 13.3 Å². The minimum Gasteiger partial charge on any atom is -0.393 e. The summed E-state index contributed by atoms with van der Waals surface area (Å²) < 4.78 is 57.7. The Labute approximate surface area is 229 Å². The maximum absolute atomic E-state index is 14.7. The number of aliphatic hydroxyl groups excluding tert-OH is 1. The summed E-state index contributed by atoms with van der Waals surface area (Å²) in [5.74, 6) is -0.0815. The monoisotopic (exact) mass is 575 g/mol. The first-order valence-corrected chi connectivity index (χ1v) is 13.0. The molecule has 0 bridgehead atoms. The number of aliphatic hydroxyl groups is 2. The van der Waals surface area contributed by atoms with Gasteiger partial charge in [0.2, 0.25) is 5.95 Å². The van der Waals surface area contributed by atoms with Crippen LogP contribution in [-0.2, 0) is 10.3 Å². The molecule has 0 spiro atoms. The summed E-state index contributed by atoms with van der Waals surface area (Å²) in [5.41, 5.74) is 5.96. The Hall–Kier alpha value is -2.54. The predicted molar refractivity (Wildman–Crippen MR) is 141 cm³/mol. The number of hydrogen-bond acceptors (Lipinski definition) is 7. The molecule has 13 heteroatoms. The van der Waals surface area contributed by atoms with E-state index in [-0.39, 0.29) is 22.5 Å². The molecular weight excluding hydrogens is 542 g/mol. The van der Waals surface area contributed by atoms with E-state index in [1.54, 1.807) is 24.5 Å². The third-order valence-electron chi connectivity index (χ3n) is 6.30. The fourth-order valence-corrected chi connectivity index (χ4v) is 4.64. The van der Waals surface area contributed by atoms with Gasteiger partial charge in [0.15, 0.2) is 11.9 Å². The van der Waals surface area contributed by atoms with Crippen molar-refractivity contribution >= 4 is 28.6 Å². The second-order valence-corrected chi connectivity index (χ2v) is 10.9. The van der Waals surface area contributed by atoms with Gasteiger partial charge in [-0.3, -0.25) is 0 Å². The molecule has 3 unspecified atom stereocenters. The maximum atomic E-state index is 14.7. The number of aromatic nitrogens is 4. The van der Waals surface area contributed by atoms with Crippen LogP contribution in [0.25, 0.3) is 22.3 Å². The molecule has 0 aliphatic heterocycles. The molecule has 1 aromatic carbocycles. The van der Waals surface area contributed by atoms with Gasteiger partial charge in [0, 0.05) is 11.6 Å². The molecule has 1 fully saturated rings. The lowest BCUT2D eigenvalue weighted by molar-refractivity contribution is -0.231. The largest absolute Gasteiger partial charge is 0.414 e. The Bertz CT molecular complexity index is 1290. The normalized spacial score (nSPS) is 19.2. The van der Waals surface area contributed by atoms with Crippen LogP contribution in [0, 0.1) is 5.82 Å². The number of nitrogen functional groups attached to an aromatic ring is 1. The van der Waals surface area contributed by atoms with Gasteiger partial charge in [-0.05, 0) is 72.4 Å². The Morgan fingerprint density at radius 2 is 1.82 bits per heavy atom. The number of halogens is 5. The van der Waals surface area contributed by atoms with Crippen LogP contribution < -0.4 is 5.73 Å². The highest BCUT2D eigenvalue weighted by atomic mass is 35.5. The molecule has 4 rings (SSSR count). The molecule has 1 aliphatic carbocycles. The van der Waals surface area contributed by atoms with E-state index in [1.165, 1.54) is 12.3 Å². The standard InChI is InChI=1S/C17H19ClFN5O.C9H15F3O2/c1-8(2)24-12-6-9(13-10(18)7-21-16(20)23-13)5-11(19)14(12)22-15(24)17(3,4)25;1-6(9(10,11)12)14-8-4-2-3-7(13)5-8/h5-8,25H,1-4H3,(H2,20,21,23);6-8,13H,2-5H2,1H3. The Balaban J connectivity index is 0.000000255. The lowest BCUT2D eigenvalue weighted by Crippen LogP contribution is -2.35. The van der Waals surface area contributed by atoms with Crippen LogP contribution in [-0.4, -0.2) is 54.2 Å². The van der Waals surface area contributed by atoms with E-state index in [1.807, 2.05) is 13.8 Å². The van der Waals surface area contributed by atoms with Gasteiger partial charge in [-0.1, -0.05) is 11.6 Å². The third kappa shape index (κ3) is 7.56. The van der Waals surface area contributed by atoms with Crippen molar-refractivity contribution in [1.82, 2.24) is 19.5 Å². The lowest BCUT2D eigenvalue weighted by Gasteiger charge is -2.29. The SMILES string of the molecule is CC(C)n1c(C(C)(C)O)nc2c(F)cc(-c3nc(N)ncc3Cl)cc21.CC(OC1CCCC(O)C1)C(F)(F)F. The van der Waals surface area contributed by atoms with Crippen LogP contribution in [0.3, 0.4) is 0 Å². The number of fused-ring (bicyclic) bond motifs is 1. The lowest BCUT2D eigenvalue weighted by atomic mass is 9.95. The summed E-state index contributed by atoms with van der Waals surface area (Å²) in [6, 6.07) is 3.02. The Kier molecular flexibility index (Phi) is 9.47. The molecule has 2 heterocycles. The first-order chi connectivity index (χ1) is 18.0. The van der Waals surface area contributed by atoms with Crippen molar-refractivity contribution in [2.45, 2.75) is 96.4 Å². The van der Waals surface area contributed by atoms with Crippen LogP contribution in [0.15, 0.2) is 18.3 Å². The number of nitrogens with two attached hydrogens (primary N) is 1. The predicted octanol–water partition coefficient (Wildman–Crippen LogP) is 5.93. The summed E-state index contributed by atoms with van der Waals surface area (Å²) >= 11 is 6.15. The second kappa shape index (κ2) is 11.9. The van der Waals surface area contributed by atoms with Gasteiger partial charge in [-0.25, -0.2) is 19.3 Å². The van der Waals surface area contributed by atoms with Crippen molar-refractivity contribution in [1.29, 1.82) is 0 Å². The van der Waals surface area contributed by atoms with E-state index in [0.29, 0.717) is 41.9 Å². The average Bonchev–Trinajstić information content (AvgIpc) is 3.22. The van der Waals surface area contributed by atoms with E-state index < -0.39 is 35.9 Å². The van der Waals surface area contributed by atoms with Crippen LogP contribution >= 0.6 is 11.6 Å². The highest BCUT2D eigenvalue weighted by molar-refractivity contribution is 6.33. The molecule has 4 N–H and O–H groups in total. The van der Waals surface area contributed by atoms with Gasteiger partial charge in [-0.15, -0.1) is 0 Å². The second-order valence-electron chi connectivity index (χ2n) is 10.5. The molecule has 1 aliphatic rings. The van der Waals surface area contributed by atoms with Crippen molar-refractivity contribution < 1.29 is 32.5 Å². The Morgan fingerprint density at radius 3 is 2.38 bits per heavy atom. The summed E-state index contributed by atoms with van der Waals surface area (Å²) in [6.45, 7) is 8.12. The number of benzene rings is 1. The summed E-state index contributed by atoms with van der Waals surface area (Å²) in [4.78, 5) is 12.3. The smallest absolute Gasteiger partial charge is 0.393 e. The molecular formula is C26H34ClF4N5O3. The zero-order valence-corrected chi connectivity index (χ0v) is 23.2. The number of anilines is 1. The van der Waals surface area contributed by atoms with Crippen LogP contribution in [0.4, 0.5) is 23.5 Å². The van der Waals surface area contributed by atoms with Crippen molar-refractivity contribution in [2.75, 3.05) is 5.73 Å². The van der Waals surface area contributed by atoms with E-state index in [2.05, 4.69) is 15.0 Å². The molecule has 39 heavy (non-hydrogen) atoms. The summed E-state index contributed by atoms with van der Waals surface area (Å²) in [6.07, 6.45) is -3.29. The average molecular weight is 576 g/mol. The van der Waals surface area contributed by atoms with Crippen molar-refractivity contribution in [2.24, 2.45) is 0 Å². The van der Waals surface area contributed by atoms with Crippen molar-refractivity contribution in [3.8, 4) is 11.3 Å². The number of nitrogens with zero attached hydrogens (tertiary/aromatic N) is 4. The first kappa shape index (κ1) is 31.0. The van der Waals surface area contributed by atoms with Crippen LogP contribution in [0.5, 0.6) is 0 Å². The summed E-state index contributed by atoms with van der Waals surface area (Å²) in [7, 11) is 0. The summed E-state index contributed by atoms with van der Waals surface area (Å²) in [5, 5.41) is 19.9. The molecule has 2 aromatic heterocycles. The maximum Gasteiger partial charge on any atom is 0.414 e. The van der Waals surface area contributed by atoms with E-state index >= 15 is 0 Å². The van der Waals surface area contributed by atoms with Gasteiger partial charge in [0.1, 0.15) is 16.9 Å². The molecule has 3 aromatic rings. The van der Waals surface area contributed by atoms with Gasteiger partial charge in [0.05, 0.1) is 34.6 Å². The van der Waals surface area contributed by atoms with E-state index in [4.69, 9.17) is 22.1 Å². The first-order valence-electron chi connectivity index (χ1n) is 12.6. The highest BCUT2D eigenvalue weighted by Gasteiger charge is 2.39. The zero-order valence-electron chi connectivity index (χ0n) is 22.4. The number of ether oxygens (including phenoxy) is 1. The third-order valence-corrected chi connectivity index (χ3v) is 6.58. The molecule has 1 saturated carbocycles. The van der Waals surface area contributed by atoms with Crippen molar-refractivity contribution in [3.63, 3.8) is 0 Å². The fraction of sp³-hybridized carbons (Fsp3) is 0.577. The number of imidazole rings is 1. The molecule has 0 amide bonds. The van der Waals surface area contributed by atoms with Gasteiger partial charge in [0.25, 0.3) is 0 Å². The van der Waals surface area contributed by atoms with Crippen LogP contribution in [0.1, 0.15) is 72.2 Å². The molecule has 0 saturated heterocycles. The van der Waals surface area contributed by atoms with Gasteiger partial charge < -0.3 is 25.3 Å². The van der Waals surface area contributed by atoms with E-state index in [9.17, 15) is 27.8 Å². The fourth-order valence-electron chi connectivity index (χ4n) is 4.44. The minimum absolute atomic E-state index is 0.0352. The topological polar surface area (TPSA) is 119 Å². The molecule has 3 atom stereocenters. The minimum atomic E-state index is -4.30. The Morgan fingerprint density at radius 1 is 1.15 bits per heavy atom. The molecule has 0 radical (unpaired) electrons. The van der Waals surface area contributed by atoms with Crippen molar-refractivity contribution in [3.05, 3.63) is 35.0 Å². The molecule has 216 valence electrons. The zero-order chi connectivity index (χ0) is 29.3. The quantitative estimate of drug-likeness (QED) is 0.322. The van der Waals surface area contributed by atoms with Crippen LogP contribution in [0.2, 0.25) is 5.02 Å². The van der Waals surface area contributed by atoms with Gasteiger partial charge >= 0.3 is 6.18 Å². The number of rotatable bonds is 5. The number of alkyl halides is 3.